The summed E-state index contributed by atoms with van der Waals surface area (Å²) in [6, 6.07) is 16.4. The Hall–Kier alpha value is -3.08. The lowest BCUT2D eigenvalue weighted by Gasteiger charge is -2.10. The zero-order valence-corrected chi connectivity index (χ0v) is 12.9. The van der Waals surface area contributed by atoms with Crippen molar-refractivity contribution in [2.45, 2.75) is 13.1 Å². The number of halogens is 1. The minimum atomic E-state index is -0.280. The van der Waals surface area contributed by atoms with E-state index in [1.807, 2.05) is 10.8 Å². The third-order valence-corrected chi connectivity index (χ3v) is 3.72. The molecule has 122 valence electrons. The second-order valence-corrected chi connectivity index (χ2v) is 5.50. The van der Waals surface area contributed by atoms with E-state index in [1.54, 1.807) is 48.5 Å². The van der Waals surface area contributed by atoms with E-state index in [-0.39, 0.29) is 17.5 Å². The Balaban J connectivity index is 1.66. The Labute approximate surface area is 139 Å². The van der Waals surface area contributed by atoms with Crippen molar-refractivity contribution in [1.29, 1.82) is 0 Å². The van der Waals surface area contributed by atoms with Crippen LogP contribution in [0.4, 0.5) is 4.39 Å². The maximum Gasteiger partial charge on any atom is 0.268 e. The second-order valence-electron chi connectivity index (χ2n) is 5.50. The highest BCUT2D eigenvalue weighted by Gasteiger charge is 2.11. The highest BCUT2D eigenvalue weighted by Crippen LogP contribution is 2.11. The average molecular weight is 324 g/mol. The predicted molar refractivity (Wildman–Crippen MR) is 89.2 cm³/mol. The van der Waals surface area contributed by atoms with Crippen molar-refractivity contribution in [1.82, 2.24) is 9.88 Å². The molecule has 0 fully saturated rings. The number of benzene rings is 2. The van der Waals surface area contributed by atoms with Crippen molar-refractivity contribution in [2.75, 3.05) is 0 Å². The maximum absolute atomic E-state index is 13.0. The van der Waals surface area contributed by atoms with E-state index < -0.39 is 0 Å². The molecule has 0 bridgehead atoms. The van der Waals surface area contributed by atoms with E-state index in [4.69, 9.17) is 0 Å². The molecular weight excluding hydrogens is 307 g/mol. The molecular formula is C19H17FN2O2. The van der Waals surface area contributed by atoms with Gasteiger partial charge in [0.05, 0.1) is 0 Å². The van der Waals surface area contributed by atoms with E-state index in [0.717, 1.165) is 11.1 Å². The van der Waals surface area contributed by atoms with E-state index in [9.17, 15) is 14.3 Å². The monoisotopic (exact) mass is 324 g/mol. The van der Waals surface area contributed by atoms with Crippen molar-refractivity contribution in [3.63, 3.8) is 0 Å². The van der Waals surface area contributed by atoms with Gasteiger partial charge >= 0.3 is 0 Å². The topological polar surface area (TPSA) is 54.3 Å². The van der Waals surface area contributed by atoms with Crippen LogP contribution < -0.4 is 5.32 Å². The molecule has 0 radical (unpaired) electrons. The number of hydrogen-bond donors (Lipinski definition) is 2. The van der Waals surface area contributed by atoms with Crippen LogP contribution >= 0.6 is 0 Å². The summed E-state index contributed by atoms with van der Waals surface area (Å²) in [4.78, 5) is 12.4. The van der Waals surface area contributed by atoms with Gasteiger partial charge in [0.2, 0.25) is 0 Å². The normalized spacial score (nSPS) is 10.5. The highest BCUT2D eigenvalue weighted by molar-refractivity contribution is 5.92. The van der Waals surface area contributed by atoms with Crippen molar-refractivity contribution in [2.24, 2.45) is 0 Å². The molecule has 2 aromatic carbocycles. The molecule has 3 rings (SSSR count). The molecule has 1 amide bonds. The molecule has 4 nitrogen and oxygen atoms in total. The SMILES string of the molecule is O=C(NCc1ccc(O)cc1)c1cccn1Cc1ccc(F)cc1. The number of carbonyl (C=O) groups is 1. The number of nitrogens with one attached hydrogen (secondary N) is 1. The minimum Gasteiger partial charge on any atom is -0.508 e. The smallest absolute Gasteiger partial charge is 0.268 e. The number of aromatic nitrogens is 1. The fourth-order valence-electron chi connectivity index (χ4n) is 2.43. The van der Waals surface area contributed by atoms with Crippen molar-refractivity contribution >= 4 is 5.91 Å². The summed E-state index contributed by atoms with van der Waals surface area (Å²) in [5, 5.41) is 12.1. The van der Waals surface area contributed by atoms with Crippen LogP contribution in [0.15, 0.2) is 66.9 Å². The highest BCUT2D eigenvalue weighted by atomic mass is 19.1. The van der Waals surface area contributed by atoms with Gasteiger partial charge in [0.25, 0.3) is 5.91 Å². The van der Waals surface area contributed by atoms with Gasteiger partial charge in [0.1, 0.15) is 17.3 Å². The van der Waals surface area contributed by atoms with Crippen LogP contribution in [0.3, 0.4) is 0 Å². The molecule has 3 aromatic rings. The van der Waals surface area contributed by atoms with Gasteiger partial charge in [-0.05, 0) is 47.5 Å². The number of rotatable bonds is 5. The van der Waals surface area contributed by atoms with Gasteiger partial charge < -0.3 is 15.0 Å². The van der Waals surface area contributed by atoms with Crippen molar-refractivity contribution in [3.05, 3.63) is 89.5 Å². The lowest BCUT2D eigenvalue weighted by atomic mass is 10.2. The van der Waals surface area contributed by atoms with Gasteiger partial charge in [0, 0.05) is 19.3 Å². The first kappa shape index (κ1) is 15.8. The second kappa shape index (κ2) is 7.00. The molecule has 0 saturated heterocycles. The average Bonchev–Trinajstić information content (AvgIpc) is 3.04. The zero-order valence-electron chi connectivity index (χ0n) is 12.9. The molecule has 0 aliphatic heterocycles. The van der Waals surface area contributed by atoms with E-state index in [2.05, 4.69) is 5.32 Å². The first-order chi connectivity index (χ1) is 11.6. The first-order valence-electron chi connectivity index (χ1n) is 7.57. The van der Waals surface area contributed by atoms with Crippen LogP contribution in [0.5, 0.6) is 5.75 Å². The maximum atomic E-state index is 13.0. The number of hydrogen-bond acceptors (Lipinski definition) is 2. The standard InChI is InChI=1S/C19H17FN2O2/c20-16-7-3-15(4-8-16)13-22-11-1-2-18(22)19(24)21-12-14-5-9-17(23)10-6-14/h1-11,23H,12-13H2,(H,21,24). The molecule has 0 atom stereocenters. The van der Waals surface area contributed by atoms with Crippen LogP contribution in [-0.2, 0) is 13.1 Å². The van der Waals surface area contributed by atoms with E-state index in [1.165, 1.54) is 12.1 Å². The number of carbonyl (C=O) groups excluding carboxylic acids is 1. The molecule has 0 aliphatic carbocycles. The Morgan fingerprint density at radius 3 is 2.38 bits per heavy atom. The zero-order chi connectivity index (χ0) is 16.9. The molecule has 0 unspecified atom stereocenters. The molecule has 5 heteroatoms. The lowest BCUT2D eigenvalue weighted by Crippen LogP contribution is -2.25. The molecule has 0 saturated carbocycles. The van der Waals surface area contributed by atoms with Crippen LogP contribution in [0.1, 0.15) is 21.6 Å². The van der Waals surface area contributed by atoms with Gasteiger partial charge in [-0.2, -0.15) is 0 Å². The largest absolute Gasteiger partial charge is 0.508 e. The fourth-order valence-corrected chi connectivity index (χ4v) is 2.43. The summed E-state index contributed by atoms with van der Waals surface area (Å²) in [6.45, 7) is 0.871. The third kappa shape index (κ3) is 3.81. The molecule has 0 aliphatic rings. The van der Waals surface area contributed by atoms with Crippen molar-refractivity contribution in [3.8, 4) is 5.75 Å². The first-order valence-corrected chi connectivity index (χ1v) is 7.57. The number of phenols is 1. The van der Waals surface area contributed by atoms with E-state index in [0.29, 0.717) is 18.8 Å². The van der Waals surface area contributed by atoms with Gasteiger partial charge in [0.15, 0.2) is 0 Å². The van der Waals surface area contributed by atoms with Crippen molar-refractivity contribution < 1.29 is 14.3 Å². The number of aromatic hydroxyl groups is 1. The quantitative estimate of drug-likeness (QED) is 0.756. The summed E-state index contributed by atoms with van der Waals surface area (Å²) in [7, 11) is 0. The molecule has 24 heavy (non-hydrogen) atoms. The molecule has 0 spiro atoms. The Morgan fingerprint density at radius 1 is 1.00 bits per heavy atom. The summed E-state index contributed by atoms with van der Waals surface area (Å²) in [5.41, 5.74) is 2.36. The predicted octanol–water partition coefficient (Wildman–Crippen LogP) is 3.31. The molecule has 2 N–H and O–H groups in total. The third-order valence-electron chi connectivity index (χ3n) is 3.72. The minimum absolute atomic E-state index is 0.185. The Kier molecular flexibility index (Phi) is 4.61. The fraction of sp³-hybridized carbons (Fsp3) is 0.105. The van der Waals surface area contributed by atoms with Gasteiger partial charge in [-0.25, -0.2) is 4.39 Å². The number of amides is 1. The summed E-state index contributed by atoms with van der Waals surface area (Å²) in [5.74, 6) is -0.272. The van der Waals surface area contributed by atoms with Gasteiger partial charge in [-0.3, -0.25) is 4.79 Å². The van der Waals surface area contributed by atoms with Gasteiger partial charge in [-0.1, -0.05) is 24.3 Å². The van der Waals surface area contributed by atoms with Crippen LogP contribution in [0.2, 0.25) is 0 Å². The van der Waals surface area contributed by atoms with Crippen LogP contribution in [0.25, 0.3) is 0 Å². The van der Waals surface area contributed by atoms with Crippen LogP contribution in [-0.4, -0.2) is 15.6 Å². The lowest BCUT2D eigenvalue weighted by molar-refractivity contribution is 0.0942. The summed E-state index contributed by atoms with van der Waals surface area (Å²) in [6.07, 6.45) is 1.82. The molecule has 1 heterocycles. The van der Waals surface area contributed by atoms with Crippen LogP contribution in [0, 0.1) is 5.82 Å². The van der Waals surface area contributed by atoms with E-state index >= 15 is 0 Å². The Bertz CT molecular complexity index is 823. The Morgan fingerprint density at radius 2 is 1.67 bits per heavy atom. The summed E-state index contributed by atoms with van der Waals surface area (Å²) < 4.78 is 14.8. The molecule has 1 aromatic heterocycles. The van der Waals surface area contributed by atoms with Gasteiger partial charge in [-0.15, -0.1) is 0 Å². The summed E-state index contributed by atoms with van der Waals surface area (Å²) >= 11 is 0. The number of phenolic OH excluding ortho intramolecular Hbond substituents is 1. The number of nitrogens with zero attached hydrogens (tertiary/aromatic N) is 1.